The van der Waals surface area contributed by atoms with E-state index in [1.807, 2.05) is 21.6 Å². The van der Waals surface area contributed by atoms with Gasteiger partial charge in [-0.25, -0.2) is 0 Å². The fourth-order valence-corrected chi connectivity index (χ4v) is 14.1. The molecule has 1 heterocycles. The van der Waals surface area contributed by atoms with Crippen molar-refractivity contribution in [2.75, 3.05) is 96.6 Å². The summed E-state index contributed by atoms with van der Waals surface area (Å²) < 4.78 is 5.70. The van der Waals surface area contributed by atoms with Crippen molar-refractivity contribution < 1.29 is 30.0 Å². The Kier molecular flexibility index (Phi) is 62.8. The third-order valence-corrected chi connectivity index (χ3v) is 20.0. The highest BCUT2D eigenvalue weighted by atomic mass is 33.1. The molecule has 1 fully saturated rings. The predicted molar refractivity (Wildman–Crippen MR) is 374 cm³/mol. The number of aliphatic hydroxyl groups is 4. The SMILES string of the molecule is CCCCCCCC/C=C\CCCCCC[C@H](O)CN(CCCCSSCCN1CCN(CCOC(=O)CCCCN(CC(O)CCCCCCCC)CC(O)CCCCCCCC)CC1)C[C@@H](O)CCCCCC/C=C\CCCCCCCC. The van der Waals surface area contributed by atoms with E-state index in [4.69, 9.17) is 4.74 Å². The van der Waals surface area contributed by atoms with E-state index in [2.05, 4.69) is 71.6 Å². The maximum Gasteiger partial charge on any atom is 0.305 e. The van der Waals surface area contributed by atoms with Crippen molar-refractivity contribution in [2.45, 2.75) is 341 Å². The molecule has 0 aromatic heterocycles. The van der Waals surface area contributed by atoms with E-state index in [1.54, 1.807) is 0 Å². The molecule has 0 amide bonds. The van der Waals surface area contributed by atoms with Crippen molar-refractivity contribution in [1.29, 1.82) is 0 Å². The number of allylic oxidation sites excluding steroid dienone is 4. The van der Waals surface area contributed by atoms with E-state index in [9.17, 15) is 25.2 Å². The van der Waals surface area contributed by atoms with Crippen molar-refractivity contribution in [3.05, 3.63) is 24.3 Å². The van der Waals surface area contributed by atoms with Crippen LogP contribution in [0.4, 0.5) is 0 Å². The van der Waals surface area contributed by atoms with E-state index in [0.717, 1.165) is 141 Å². The second-order valence-corrected chi connectivity index (χ2v) is 28.7. The van der Waals surface area contributed by atoms with Crippen LogP contribution in [-0.2, 0) is 9.53 Å². The van der Waals surface area contributed by atoms with Crippen molar-refractivity contribution in [3.8, 4) is 0 Å². The summed E-state index contributed by atoms with van der Waals surface area (Å²) in [5.74, 6) is 2.13. The van der Waals surface area contributed by atoms with Gasteiger partial charge in [-0.05, 0) is 116 Å². The third-order valence-electron chi connectivity index (χ3n) is 17.5. The first-order valence-corrected chi connectivity index (χ1v) is 39.5. The van der Waals surface area contributed by atoms with Crippen molar-refractivity contribution in [1.82, 2.24) is 19.6 Å². The molecule has 0 saturated carbocycles. The van der Waals surface area contributed by atoms with Crippen LogP contribution in [0.3, 0.4) is 0 Å². The summed E-state index contributed by atoms with van der Waals surface area (Å²) in [6.07, 6.45) is 61.1. The normalized spacial score (nSPS) is 15.1. The summed E-state index contributed by atoms with van der Waals surface area (Å²) in [6, 6.07) is 0. The van der Waals surface area contributed by atoms with Gasteiger partial charge in [0.15, 0.2) is 0 Å². The Hall–Kier alpha value is -0.670. The largest absolute Gasteiger partial charge is 0.464 e. The van der Waals surface area contributed by atoms with Gasteiger partial charge in [0.2, 0.25) is 0 Å². The van der Waals surface area contributed by atoms with Gasteiger partial charge in [0.1, 0.15) is 6.61 Å². The molecule has 0 aliphatic carbocycles. The van der Waals surface area contributed by atoms with E-state index in [-0.39, 0.29) is 30.4 Å². The lowest BCUT2D eigenvalue weighted by molar-refractivity contribution is -0.144. The summed E-state index contributed by atoms with van der Waals surface area (Å²) in [5.41, 5.74) is 0. The van der Waals surface area contributed by atoms with Gasteiger partial charge in [0.25, 0.3) is 0 Å². The zero-order chi connectivity index (χ0) is 61.6. The van der Waals surface area contributed by atoms with Gasteiger partial charge < -0.3 is 25.2 Å². The summed E-state index contributed by atoms with van der Waals surface area (Å²) in [6.45, 7) is 19.8. The number of nitrogens with zero attached hydrogens (tertiary/aromatic N) is 4. The van der Waals surface area contributed by atoms with Gasteiger partial charge >= 0.3 is 5.97 Å². The standard InChI is InChI=1S/C73H144N4O6S2/c1-5-9-13-17-21-23-25-27-29-31-33-35-39-43-51-71(80)67-77(68-72(81)52-44-40-36-34-32-30-28-26-24-22-18-14-10-6-2)55-47-48-63-84-85-64-61-75-58-56-74(57-59-75)60-62-83-73(82)53-45-46-54-76(65-69(78)49-41-37-19-15-11-7-3)66-70(79)50-42-38-20-16-12-8-4/h27-30,69-72,78-81H,5-26,31-68H2,1-4H3/b29-27-,30-28-/t69?,70?,71-,72-/m0/s1. The Balaban J connectivity index is 2.36. The number of ether oxygens (including phenoxy) is 1. The lowest BCUT2D eigenvalue weighted by atomic mass is 10.1. The Morgan fingerprint density at radius 1 is 0.388 bits per heavy atom. The van der Waals surface area contributed by atoms with Gasteiger partial charge in [-0.15, -0.1) is 0 Å². The van der Waals surface area contributed by atoms with Crippen molar-refractivity contribution >= 4 is 27.6 Å². The molecule has 85 heavy (non-hydrogen) atoms. The maximum absolute atomic E-state index is 12.7. The number of rotatable bonds is 67. The number of aliphatic hydroxyl groups excluding tert-OH is 4. The minimum atomic E-state index is -0.375. The van der Waals surface area contributed by atoms with Crippen LogP contribution in [0.2, 0.25) is 0 Å². The summed E-state index contributed by atoms with van der Waals surface area (Å²) in [4.78, 5) is 22.3. The zero-order valence-corrected chi connectivity index (χ0v) is 58.4. The fourth-order valence-electron chi connectivity index (χ4n) is 11.9. The monoisotopic (exact) mass is 1240 g/mol. The van der Waals surface area contributed by atoms with Crippen LogP contribution in [0, 0.1) is 0 Å². The summed E-state index contributed by atoms with van der Waals surface area (Å²) >= 11 is 0. The first-order chi connectivity index (χ1) is 41.7. The smallest absolute Gasteiger partial charge is 0.305 e. The lowest BCUT2D eigenvalue weighted by Crippen LogP contribution is -2.47. The summed E-state index contributed by atoms with van der Waals surface area (Å²) in [7, 11) is 3.99. The molecule has 1 aliphatic heterocycles. The molecule has 0 bridgehead atoms. The van der Waals surface area contributed by atoms with Crippen LogP contribution in [0.1, 0.15) is 317 Å². The maximum atomic E-state index is 12.7. The minimum absolute atomic E-state index is 0.117. The number of esters is 1. The van der Waals surface area contributed by atoms with Gasteiger partial charge in [-0.2, -0.15) is 0 Å². The molecule has 0 radical (unpaired) electrons. The average molecular weight is 1240 g/mol. The highest BCUT2D eigenvalue weighted by Crippen LogP contribution is 2.23. The predicted octanol–water partition coefficient (Wildman–Crippen LogP) is 18.3. The van der Waals surface area contributed by atoms with E-state index >= 15 is 0 Å². The van der Waals surface area contributed by atoms with Gasteiger partial charge in [-0.1, -0.05) is 253 Å². The van der Waals surface area contributed by atoms with Gasteiger partial charge in [0.05, 0.1) is 24.4 Å². The number of piperazine rings is 1. The molecule has 0 aromatic carbocycles. The first-order valence-electron chi connectivity index (χ1n) is 37.0. The Morgan fingerprint density at radius 2 is 0.694 bits per heavy atom. The van der Waals surface area contributed by atoms with Crippen LogP contribution in [-0.4, -0.2) is 167 Å². The van der Waals surface area contributed by atoms with Crippen LogP contribution in [0.15, 0.2) is 24.3 Å². The molecule has 4 N–H and O–H groups in total. The molecule has 1 aliphatic rings. The van der Waals surface area contributed by atoms with Gasteiger partial charge in [-0.3, -0.25) is 24.4 Å². The number of unbranched alkanes of at least 4 members (excludes halogenated alkanes) is 32. The Bertz CT molecular complexity index is 1350. The number of carbonyl (C=O) groups excluding carboxylic acids is 1. The molecule has 1 rings (SSSR count). The molecule has 1 saturated heterocycles. The van der Waals surface area contributed by atoms with Crippen LogP contribution >= 0.6 is 21.6 Å². The molecule has 2 unspecified atom stereocenters. The number of hydrogen-bond acceptors (Lipinski definition) is 12. The number of hydrogen-bond donors (Lipinski definition) is 4. The van der Waals surface area contributed by atoms with E-state index < -0.39 is 0 Å². The highest BCUT2D eigenvalue weighted by Gasteiger charge is 2.20. The summed E-state index contributed by atoms with van der Waals surface area (Å²) in [5, 5.41) is 44.2. The molecule has 0 spiro atoms. The lowest BCUT2D eigenvalue weighted by Gasteiger charge is -2.34. The van der Waals surface area contributed by atoms with Crippen LogP contribution in [0.5, 0.6) is 0 Å². The molecular formula is C73H144N4O6S2. The molecule has 504 valence electrons. The average Bonchev–Trinajstić information content (AvgIpc) is 3.52. The second kappa shape index (κ2) is 64.8. The van der Waals surface area contributed by atoms with E-state index in [1.165, 1.54) is 205 Å². The first kappa shape index (κ1) is 82.3. The fraction of sp³-hybridized carbons (Fsp3) is 0.932. The molecule has 12 heteroatoms. The van der Waals surface area contributed by atoms with Gasteiger partial charge in [0, 0.05) is 83.4 Å². The minimum Gasteiger partial charge on any atom is -0.464 e. The molecule has 4 atom stereocenters. The topological polar surface area (TPSA) is 120 Å². The molecule has 0 aromatic rings. The van der Waals surface area contributed by atoms with Crippen LogP contribution < -0.4 is 0 Å². The second-order valence-electron chi connectivity index (χ2n) is 26.0. The third kappa shape index (κ3) is 58.2. The molecule has 10 nitrogen and oxygen atoms in total. The van der Waals surface area contributed by atoms with Crippen molar-refractivity contribution in [2.24, 2.45) is 0 Å². The van der Waals surface area contributed by atoms with Crippen molar-refractivity contribution in [3.63, 3.8) is 0 Å². The van der Waals surface area contributed by atoms with E-state index in [0.29, 0.717) is 39.2 Å². The Labute approximate surface area is 536 Å². The van der Waals surface area contributed by atoms with Crippen LogP contribution in [0.25, 0.3) is 0 Å². The Morgan fingerprint density at radius 3 is 1.06 bits per heavy atom. The zero-order valence-electron chi connectivity index (χ0n) is 56.8. The molecular weight excluding hydrogens is 1090 g/mol. The number of carbonyl (C=O) groups is 1. The quantitative estimate of drug-likeness (QED) is 0.0201. The highest BCUT2D eigenvalue weighted by molar-refractivity contribution is 8.76.